The smallest absolute Gasteiger partial charge is 0.454 e. The Balaban J connectivity index is 1.24. The molecule has 0 saturated carbocycles. The monoisotopic (exact) mass is 822 g/mol. The predicted molar refractivity (Wildman–Crippen MR) is 181 cm³/mol. The number of fused-ring (bicyclic) bond motifs is 5. The van der Waals surface area contributed by atoms with Gasteiger partial charge in [0.1, 0.15) is 36.5 Å². The van der Waals surface area contributed by atoms with E-state index in [0.29, 0.717) is 11.4 Å². The van der Waals surface area contributed by atoms with Gasteiger partial charge in [0.05, 0.1) is 25.9 Å². The lowest BCUT2D eigenvalue weighted by Gasteiger charge is -2.27. The number of phosphoric acid groups is 1. The molecule has 8 N–H and O–H groups in total. The van der Waals surface area contributed by atoms with Crippen LogP contribution in [0, 0.1) is 5.92 Å². The number of halogens is 1. The number of nitrogens with two attached hydrogens (primary N) is 2. The summed E-state index contributed by atoms with van der Waals surface area (Å²) in [6.45, 7) is -2.86. The van der Waals surface area contributed by atoms with Crippen LogP contribution >= 0.6 is 26.0 Å². The normalized spacial score (nSPS) is 33.4. The third-order valence-electron chi connectivity index (χ3n) is 8.34. The molecule has 4 unspecified atom stereocenters. The number of hydrogen-bond donors (Lipinski definition) is 6. The number of ether oxygens (including phenoxy) is 3. The largest absolute Gasteiger partial charge is 0.472 e. The van der Waals surface area contributed by atoms with Crippen LogP contribution in [-0.4, -0.2) is 111 Å². The number of aliphatic hydroxyl groups is 1. The summed E-state index contributed by atoms with van der Waals surface area (Å²) in [5.41, 5.74) is 9.20. The summed E-state index contributed by atoms with van der Waals surface area (Å²) in [4.78, 5) is 68.5. The van der Waals surface area contributed by atoms with Gasteiger partial charge >= 0.3 is 20.6 Å². The lowest BCUT2D eigenvalue weighted by molar-refractivity contribution is -0.142. The van der Waals surface area contributed by atoms with E-state index in [1.54, 1.807) is 13.8 Å². The molecule has 54 heavy (non-hydrogen) atoms. The topological polar surface area (TPSA) is 335 Å². The lowest BCUT2D eigenvalue weighted by atomic mass is 10.1. The van der Waals surface area contributed by atoms with Crippen molar-refractivity contribution in [3.8, 4) is 0 Å². The van der Waals surface area contributed by atoms with Crippen LogP contribution in [0.4, 0.5) is 16.3 Å². The van der Waals surface area contributed by atoms with E-state index in [1.807, 2.05) is 0 Å². The van der Waals surface area contributed by atoms with Crippen molar-refractivity contribution in [3.63, 3.8) is 0 Å². The molecule has 4 aromatic heterocycles. The van der Waals surface area contributed by atoms with Crippen LogP contribution < -0.4 is 22.6 Å². The summed E-state index contributed by atoms with van der Waals surface area (Å²) >= 11 is 0.380. The number of aromatic nitrogens is 8. The van der Waals surface area contributed by atoms with Crippen molar-refractivity contribution < 1.29 is 60.6 Å². The number of H-pyrrole nitrogens is 2. The number of hydrogen-bond acceptors (Lipinski definition) is 20. The lowest BCUT2D eigenvalue weighted by Crippen LogP contribution is -2.35. The van der Waals surface area contributed by atoms with Gasteiger partial charge in [-0.3, -0.25) is 51.6 Å². The van der Waals surface area contributed by atoms with Gasteiger partial charge < -0.3 is 35.7 Å². The zero-order chi connectivity index (χ0) is 38.7. The summed E-state index contributed by atoms with van der Waals surface area (Å²) < 4.78 is 85.4. The van der Waals surface area contributed by atoms with Crippen molar-refractivity contribution >= 4 is 66.2 Å². The Labute approximate surface area is 304 Å². The summed E-state index contributed by atoms with van der Waals surface area (Å²) in [7, 11) is -5.24. The van der Waals surface area contributed by atoms with Gasteiger partial charge in [0.25, 0.3) is 11.1 Å². The number of carbonyl (C=O) groups excluding carboxylic acids is 1. The Kier molecular flexibility index (Phi) is 10.5. The van der Waals surface area contributed by atoms with Gasteiger partial charge in [0, 0.05) is 17.8 Å². The zero-order valence-electron chi connectivity index (χ0n) is 28.0. The number of rotatable bonds is 7. The molecule has 3 fully saturated rings. The van der Waals surface area contributed by atoms with E-state index in [2.05, 4.69) is 29.9 Å². The summed E-state index contributed by atoms with van der Waals surface area (Å²) in [6, 6.07) is 0. The van der Waals surface area contributed by atoms with E-state index < -0.39 is 100 Å². The minimum atomic E-state index is -5.24. The molecular weight excluding hydrogens is 789 g/mol. The highest BCUT2D eigenvalue weighted by atomic mass is 32.7. The first kappa shape index (κ1) is 38.5. The van der Waals surface area contributed by atoms with E-state index in [-0.39, 0.29) is 46.6 Å². The number of nitrogen functional groups attached to an aromatic ring is 2. The maximum atomic E-state index is 16.3. The van der Waals surface area contributed by atoms with Crippen LogP contribution in [0.5, 0.6) is 0 Å². The molecule has 294 valence electrons. The number of nitrogens with zero attached hydrogens (tertiary/aromatic N) is 6. The molecular formula is C26H33FN10O14P2S. The first-order valence-electron chi connectivity index (χ1n) is 16.0. The second kappa shape index (κ2) is 14.7. The number of phosphoric ester groups is 1. The number of carbonyl (C=O) groups is 1. The minimum absolute atomic E-state index is 0.0270. The molecule has 28 heteroatoms. The highest BCUT2D eigenvalue weighted by molar-refractivity contribution is 8.55. The molecule has 3 aliphatic heterocycles. The van der Waals surface area contributed by atoms with Gasteiger partial charge in [-0.1, -0.05) is 13.8 Å². The van der Waals surface area contributed by atoms with Gasteiger partial charge in [-0.05, 0) is 5.92 Å². The van der Waals surface area contributed by atoms with Crippen LogP contribution in [0.2, 0.25) is 0 Å². The maximum absolute atomic E-state index is 16.3. The minimum Gasteiger partial charge on any atom is -0.454 e. The van der Waals surface area contributed by atoms with E-state index in [4.69, 9.17) is 43.8 Å². The van der Waals surface area contributed by atoms with Crippen molar-refractivity contribution in [2.75, 3.05) is 30.6 Å². The molecule has 24 nitrogen and oxygen atoms in total. The van der Waals surface area contributed by atoms with E-state index in [9.17, 15) is 33.5 Å². The van der Waals surface area contributed by atoms with Crippen LogP contribution in [0.1, 0.15) is 32.7 Å². The Morgan fingerprint density at radius 1 is 0.981 bits per heavy atom. The number of aliphatic hydroxyl groups excluding tert-OH is 1. The second-order valence-electron chi connectivity index (χ2n) is 12.6. The Hall–Kier alpha value is -3.81. The second-order valence-corrected chi connectivity index (χ2v) is 18.0. The highest BCUT2D eigenvalue weighted by Gasteiger charge is 2.55. The van der Waals surface area contributed by atoms with Crippen molar-refractivity contribution in [3.05, 3.63) is 33.4 Å². The van der Waals surface area contributed by atoms with Gasteiger partial charge in [-0.15, -0.1) is 0 Å². The molecule has 3 aliphatic rings. The quantitative estimate of drug-likeness (QED) is 0.0824. The average Bonchev–Trinajstić information content (AvgIpc) is 3.84. The average molecular weight is 823 g/mol. The first-order valence-corrected chi connectivity index (χ1v) is 20.6. The molecule has 0 amide bonds. The van der Waals surface area contributed by atoms with E-state index >= 15 is 4.39 Å². The van der Waals surface area contributed by atoms with E-state index in [0.717, 1.165) is 21.8 Å². The van der Waals surface area contributed by atoms with Crippen LogP contribution in [-0.2, 0) is 46.2 Å². The molecule has 3 saturated heterocycles. The SMILES string of the molecule is CC(C)CC(=O)OCSP1(=O)OC[C@H]2O[C@@H](n3cnc4c(=O)[nH]c(N)nc43)[C@@H](F)C2OP(=O)(O)OC[C@H]2O[C@@H](n3cnc4c(=O)[nH]c(N)nc43)[C@@H](O1)C2O. The van der Waals surface area contributed by atoms with Gasteiger partial charge in [-0.25, -0.2) is 23.5 Å². The Bertz CT molecular complexity index is 2290. The van der Waals surface area contributed by atoms with E-state index in [1.165, 1.54) is 0 Å². The third kappa shape index (κ3) is 7.55. The molecule has 0 spiro atoms. The fourth-order valence-corrected chi connectivity index (χ4v) is 9.70. The maximum Gasteiger partial charge on any atom is 0.472 e. The first-order chi connectivity index (χ1) is 25.5. The number of nitrogens with one attached hydrogen (secondary N) is 2. The number of anilines is 2. The fourth-order valence-electron chi connectivity index (χ4n) is 5.94. The van der Waals surface area contributed by atoms with Crippen LogP contribution in [0.25, 0.3) is 22.3 Å². The number of imidazole rings is 2. The van der Waals surface area contributed by atoms with Gasteiger partial charge in [0.15, 0.2) is 41.0 Å². The molecule has 0 radical (unpaired) electrons. The Morgan fingerprint density at radius 2 is 1.56 bits per heavy atom. The Morgan fingerprint density at radius 3 is 2.17 bits per heavy atom. The van der Waals surface area contributed by atoms with Crippen LogP contribution in [0.3, 0.4) is 0 Å². The fraction of sp³-hybridized carbons (Fsp3) is 0.577. The molecule has 0 aliphatic carbocycles. The predicted octanol–water partition coefficient (Wildman–Crippen LogP) is 0.217. The molecule has 7 heterocycles. The number of aromatic amines is 2. The summed E-state index contributed by atoms with van der Waals surface area (Å²) in [6.07, 6.45) is -12.0. The van der Waals surface area contributed by atoms with Crippen molar-refractivity contribution in [2.45, 2.75) is 69.4 Å². The highest BCUT2D eigenvalue weighted by Crippen LogP contribution is 2.64. The standard InChI is InChI=1S/C26H33FN10O14P2S/c1-9(2)3-12(38)45-8-54-53(44)47-5-11-17(13(27)23(49-11)36-6-30-14-19(36)32-25(28)34-21(14)40)50-52(42,43)46-4-10-16(39)18(51-53)24(48-10)37-7-31-15-20(37)33-26(29)35-22(15)41/h6-7,9-11,13,16-18,23-24,39H,3-5,8H2,1-2H3,(H,42,43)(H3,28,32,34,40)(H3,29,33,35,41)/t10-,11-,13+,16?,17?,18+,23-,24-,53?/m1/s1. The van der Waals surface area contributed by atoms with Gasteiger partial charge in [0.2, 0.25) is 11.9 Å². The third-order valence-corrected chi connectivity index (χ3v) is 12.7. The number of alkyl halides is 1. The van der Waals surface area contributed by atoms with Crippen LogP contribution in [0.15, 0.2) is 22.2 Å². The summed E-state index contributed by atoms with van der Waals surface area (Å²) in [5, 5.41) is 11.4. The van der Waals surface area contributed by atoms with Crippen molar-refractivity contribution in [2.24, 2.45) is 5.92 Å². The van der Waals surface area contributed by atoms with Crippen molar-refractivity contribution in [1.29, 1.82) is 0 Å². The zero-order valence-corrected chi connectivity index (χ0v) is 30.6. The molecule has 7 rings (SSSR count). The van der Waals surface area contributed by atoms with Crippen molar-refractivity contribution in [1.82, 2.24) is 39.0 Å². The molecule has 2 bridgehead atoms. The molecule has 0 aromatic carbocycles. The molecule has 4 aromatic rings. The number of esters is 1. The summed E-state index contributed by atoms with van der Waals surface area (Å²) in [5.74, 6) is -1.92. The van der Waals surface area contributed by atoms with Gasteiger partial charge in [-0.2, -0.15) is 9.97 Å². The molecule has 10 atom stereocenters.